The average molecular weight is 364 g/mol. The first-order valence-electron chi connectivity index (χ1n) is 8.59. The summed E-state index contributed by atoms with van der Waals surface area (Å²) in [7, 11) is 0. The fourth-order valence-electron chi connectivity index (χ4n) is 2.61. The van der Waals surface area contributed by atoms with E-state index in [1.165, 1.54) is 6.07 Å². The van der Waals surface area contributed by atoms with Gasteiger partial charge in [0.05, 0.1) is 5.56 Å². The molecule has 140 valence electrons. The molecule has 0 bridgehead atoms. The molecule has 26 heavy (non-hydrogen) atoms. The predicted molar refractivity (Wildman–Crippen MR) is 95.7 cm³/mol. The lowest BCUT2D eigenvalue weighted by atomic mass is 10.1. The molecule has 0 saturated carbocycles. The van der Waals surface area contributed by atoms with Gasteiger partial charge in [0.15, 0.2) is 0 Å². The van der Waals surface area contributed by atoms with Crippen molar-refractivity contribution in [3.8, 4) is 0 Å². The second-order valence-electron chi connectivity index (χ2n) is 6.04. The van der Waals surface area contributed by atoms with Gasteiger partial charge in [-0.2, -0.15) is 13.2 Å². The van der Waals surface area contributed by atoms with Gasteiger partial charge in [0.1, 0.15) is 0 Å². The molecule has 0 radical (unpaired) electrons. The van der Waals surface area contributed by atoms with Gasteiger partial charge in [0.25, 0.3) is 5.91 Å². The summed E-state index contributed by atoms with van der Waals surface area (Å²) in [6.07, 6.45) is -4.39. The molecular weight excluding hydrogens is 341 g/mol. The van der Waals surface area contributed by atoms with Crippen molar-refractivity contribution >= 4 is 5.91 Å². The number of amides is 1. The minimum Gasteiger partial charge on any atom is -0.348 e. The van der Waals surface area contributed by atoms with E-state index in [1.807, 2.05) is 12.1 Å². The highest BCUT2D eigenvalue weighted by atomic mass is 19.4. The maximum atomic E-state index is 12.7. The summed E-state index contributed by atoms with van der Waals surface area (Å²) in [4.78, 5) is 14.5. The number of benzene rings is 2. The minimum atomic E-state index is -4.39. The Labute approximate surface area is 151 Å². The molecule has 0 aromatic heterocycles. The fraction of sp³-hybridized carbons (Fsp3) is 0.350. The van der Waals surface area contributed by atoms with E-state index in [0.29, 0.717) is 11.1 Å². The van der Waals surface area contributed by atoms with Gasteiger partial charge in [-0.1, -0.05) is 38.1 Å². The molecule has 6 heteroatoms. The summed E-state index contributed by atoms with van der Waals surface area (Å²) >= 11 is 0. The number of nitrogens with zero attached hydrogens (tertiary/aromatic N) is 1. The Morgan fingerprint density at radius 2 is 1.65 bits per heavy atom. The molecular formula is C20H23F3N2O. The van der Waals surface area contributed by atoms with Crippen LogP contribution in [0.2, 0.25) is 0 Å². The molecule has 0 saturated heterocycles. The van der Waals surface area contributed by atoms with E-state index in [9.17, 15) is 18.0 Å². The van der Waals surface area contributed by atoms with Crippen LogP contribution in [0.25, 0.3) is 0 Å². The zero-order valence-electron chi connectivity index (χ0n) is 14.9. The first-order chi connectivity index (χ1) is 12.3. The second kappa shape index (κ2) is 8.85. The Morgan fingerprint density at radius 3 is 2.23 bits per heavy atom. The molecule has 3 nitrogen and oxygen atoms in total. The van der Waals surface area contributed by atoms with Crippen LogP contribution in [0.1, 0.15) is 40.9 Å². The molecule has 1 N–H and O–H groups in total. The van der Waals surface area contributed by atoms with E-state index < -0.39 is 11.7 Å². The summed E-state index contributed by atoms with van der Waals surface area (Å²) in [6, 6.07) is 12.2. The number of hydrogen-bond acceptors (Lipinski definition) is 2. The molecule has 1 amide bonds. The molecule has 0 fully saturated rings. The lowest BCUT2D eigenvalue weighted by Crippen LogP contribution is -2.24. The van der Waals surface area contributed by atoms with Gasteiger partial charge < -0.3 is 5.32 Å². The maximum absolute atomic E-state index is 12.7. The topological polar surface area (TPSA) is 32.3 Å². The molecule has 0 aliphatic rings. The monoisotopic (exact) mass is 364 g/mol. The van der Waals surface area contributed by atoms with Crippen molar-refractivity contribution in [2.45, 2.75) is 33.1 Å². The van der Waals surface area contributed by atoms with Crippen molar-refractivity contribution in [3.63, 3.8) is 0 Å². The Balaban J connectivity index is 1.96. The summed E-state index contributed by atoms with van der Waals surface area (Å²) in [6.45, 7) is 6.97. The highest BCUT2D eigenvalue weighted by molar-refractivity contribution is 5.94. The zero-order valence-corrected chi connectivity index (χ0v) is 14.9. The van der Waals surface area contributed by atoms with Crippen molar-refractivity contribution in [2.24, 2.45) is 0 Å². The number of carbonyl (C=O) groups is 1. The van der Waals surface area contributed by atoms with Gasteiger partial charge in [0, 0.05) is 18.7 Å². The van der Waals surface area contributed by atoms with Gasteiger partial charge in [-0.3, -0.25) is 9.69 Å². The fourth-order valence-corrected chi connectivity index (χ4v) is 2.61. The van der Waals surface area contributed by atoms with Crippen LogP contribution >= 0.6 is 0 Å². The van der Waals surface area contributed by atoms with Crippen LogP contribution in [0.15, 0.2) is 48.5 Å². The minimum absolute atomic E-state index is 0.0456. The molecule has 0 heterocycles. The lowest BCUT2D eigenvalue weighted by molar-refractivity contribution is -0.137. The summed E-state index contributed by atoms with van der Waals surface area (Å²) in [5.41, 5.74) is 1.29. The molecule has 2 aromatic carbocycles. The highest BCUT2D eigenvalue weighted by Crippen LogP contribution is 2.29. The molecule has 0 spiro atoms. The maximum Gasteiger partial charge on any atom is 0.416 e. The molecule has 2 rings (SSSR count). The molecule has 0 unspecified atom stereocenters. The number of rotatable bonds is 7. The molecule has 0 aliphatic heterocycles. The first kappa shape index (κ1) is 20.0. The van der Waals surface area contributed by atoms with E-state index in [0.717, 1.165) is 37.3 Å². The van der Waals surface area contributed by atoms with Crippen molar-refractivity contribution < 1.29 is 18.0 Å². The number of alkyl halides is 3. The van der Waals surface area contributed by atoms with Gasteiger partial charge in [0.2, 0.25) is 0 Å². The summed E-state index contributed by atoms with van der Waals surface area (Å²) in [5, 5.41) is 2.66. The second-order valence-corrected chi connectivity index (χ2v) is 6.04. The van der Waals surface area contributed by atoms with Crippen LogP contribution in [0.3, 0.4) is 0 Å². The molecule has 0 atom stereocenters. The standard InChI is InChI=1S/C20H23F3N2O/c1-3-25(4-2)14-15-8-10-17(11-9-15)19(26)24-13-16-6-5-7-18(12-16)20(21,22)23/h5-12H,3-4,13-14H2,1-2H3,(H,24,26). The third-order valence-electron chi connectivity index (χ3n) is 4.22. The van der Waals surface area contributed by atoms with Crippen LogP contribution < -0.4 is 5.32 Å². The summed E-state index contributed by atoms with van der Waals surface area (Å²) in [5.74, 6) is -0.309. The SMILES string of the molecule is CCN(CC)Cc1ccc(C(=O)NCc2cccc(C(F)(F)F)c2)cc1. The van der Waals surface area contributed by atoms with Crippen LogP contribution in [-0.2, 0) is 19.3 Å². The predicted octanol–water partition coefficient (Wildman–Crippen LogP) is 4.48. The van der Waals surface area contributed by atoms with E-state index in [-0.39, 0.29) is 12.5 Å². The third kappa shape index (κ3) is 5.59. The average Bonchev–Trinajstić information content (AvgIpc) is 2.64. The Hall–Kier alpha value is -2.34. The van der Waals surface area contributed by atoms with Crippen LogP contribution in [0.4, 0.5) is 13.2 Å². The Morgan fingerprint density at radius 1 is 1.00 bits per heavy atom. The highest BCUT2D eigenvalue weighted by Gasteiger charge is 2.30. The van der Waals surface area contributed by atoms with Crippen LogP contribution in [0, 0.1) is 0 Å². The van der Waals surface area contributed by atoms with Gasteiger partial charge in [-0.15, -0.1) is 0 Å². The number of halogens is 3. The smallest absolute Gasteiger partial charge is 0.348 e. The quantitative estimate of drug-likeness (QED) is 0.786. The van der Waals surface area contributed by atoms with Crippen molar-refractivity contribution in [1.29, 1.82) is 0 Å². The first-order valence-corrected chi connectivity index (χ1v) is 8.59. The zero-order chi connectivity index (χ0) is 19.2. The van der Waals surface area contributed by atoms with E-state index in [4.69, 9.17) is 0 Å². The molecule has 2 aromatic rings. The lowest BCUT2D eigenvalue weighted by Gasteiger charge is -2.18. The van der Waals surface area contributed by atoms with E-state index in [1.54, 1.807) is 18.2 Å². The number of nitrogens with one attached hydrogen (secondary N) is 1. The van der Waals surface area contributed by atoms with Crippen LogP contribution in [-0.4, -0.2) is 23.9 Å². The number of carbonyl (C=O) groups excluding carboxylic acids is 1. The summed E-state index contributed by atoms with van der Waals surface area (Å²) < 4.78 is 38.2. The van der Waals surface area contributed by atoms with Crippen LogP contribution in [0.5, 0.6) is 0 Å². The third-order valence-corrected chi connectivity index (χ3v) is 4.22. The largest absolute Gasteiger partial charge is 0.416 e. The van der Waals surface area contributed by atoms with Gasteiger partial charge in [-0.05, 0) is 48.5 Å². The number of hydrogen-bond donors (Lipinski definition) is 1. The Kier molecular flexibility index (Phi) is 6.80. The normalized spacial score (nSPS) is 11.6. The van der Waals surface area contributed by atoms with Crippen molar-refractivity contribution in [1.82, 2.24) is 10.2 Å². The van der Waals surface area contributed by atoms with E-state index >= 15 is 0 Å². The van der Waals surface area contributed by atoms with Crippen molar-refractivity contribution in [3.05, 3.63) is 70.8 Å². The van der Waals surface area contributed by atoms with Crippen molar-refractivity contribution in [2.75, 3.05) is 13.1 Å². The van der Waals surface area contributed by atoms with Gasteiger partial charge >= 0.3 is 6.18 Å². The van der Waals surface area contributed by atoms with E-state index in [2.05, 4.69) is 24.1 Å². The Bertz CT molecular complexity index is 723. The molecule has 0 aliphatic carbocycles. The van der Waals surface area contributed by atoms with Gasteiger partial charge in [-0.25, -0.2) is 0 Å².